The second-order valence-electron chi connectivity index (χ2n) is 6.53. The maximum atomic E-state index is 12.0. The normalized spacial score (nSPS) is 11.8. The number of methoxy groups -OCH3 is 1. The molecule has 0 aliphatic rings. The maximum absolute atomic E-state index is 12.0. The van der Waals surface area contributed by atoms with E-state index in [1.54, 1.807) is 20.2 Å². The molecular weight excluding hydrogens is 499 g/mol. The number of nitrogens with zero attached hydrogens (tertiary/aromatic N) is 1. The number of halogens is 1. The van der Waals surface area contributed by atoms with Gasteiger partial charge in [0.2, 0.25) is 0 Å². The lowest BCUT2D eigenvalue weighted by Crippen LogP contribution is -2.42. The summed E-state index contributed by atoms with van der Waals surface area (Å²) in [6, 6.07) is 9.28. The Kier molecular flexibility index (Phi) is 11.7. The first-order valence-electron chi connectivity index (χ1n) is 9.61. The Bertz CT molecular complexity index is 810. The fourth-order valence-electron chi connectivity index (χ4n) is 2.59. The lowest BCUT2D eigenvalue weighted by Gasteiger charge is -2.18. The molecule has 2 rings (SSSR count). The first kappa shape index (κ1) is 25.6. The van der Waals surface area contributed by atoms with Crippen molar-refractivity contribution < 1.29 is 18.7 Å². The molecule has 1 amide bonds. The van der Waals surface area contributed by atoms with E-state index in [2.05, 4.69) is 20.9 Å². The van der Waals surface area contributed by atoms with Crippen molar-refractivity contribution in [2.75, 3.05) is 33.8 Å². The van der Waals surface area contributed by atoms with Gasteiger partial charge in [0.05, 0.1) is 19.9 Å². The van der Waals surface area contributed by atoms with Crippen LogP contribution in [-0.2, 0) is 0 Å². The van der Waals surface area contributed by atoms with Crippen molar-refractivity contribution in [1.82, 2.24) is 16.0 Å². The van der Waals surface area contributed by atoms with Gasteiger partial charge in [0.1, 0.15) is 17.6 Å². The van der Waals surface area contributed by atoms with Gasteiger partial charge in [-0.25, -0.2) is 0 Å². The van der Waals surface area contributed by atoms with Gasteiger partial charge in [0.15, 0.2) is 11.7 Å². The molecular formula is C21H31IN4O4. The zero-order chi connectivity index (χ0) is 21.1. The van der Waals surface area contributed by atoms with E-state index in [0.717, 1.165) is 23.5 Å². The molecule has 2 aromatic rings. The van der Waals surface area contributed by atoms with Gasteiger partial charge < -0.3 is 29.8 Å². The van der Waals surface area contributed by atoms with Crippen LogP contribution in [0.2, 0.25) is 0 Å². The molecule has 0 fully saturated rings. The number of carbonyl (C=O) groups excluding carboxylic acids is 1. The van der Waals surface area contributed by atoms with Crippen LogP contribution >= 0.6 is 24.0 Å². The number of benzene rings is 1. The van der Waals surface area contributed by atoms with Gasteiger partial charge in [-0.3, -0.25) is 9.79 Å². The Morgan fingerprint density at radius 1 is 1.17 bits per heavy atom. The topological polar surface area (TPSA) is 97.1 Å². The summed E-state index contributed by atoms with van der Waals surface area (Å²) in [7, 11) is 3.34. The number of rotatable bonds is 10. The number of amides is 1. The van der Waals surface area contributed by atoms with Crippen molar-refractivity contribution in [2.24, 2.45) is 4.99 Å². The first-order chi connectivity index (χ1) is 14.0. The molecule has 1 aromatic carbocycles. The van der Waals surface area contributed by atoms with Gasteiger partial charge in [-0.1, -0.05) is 6.07 Å². The predicted molar refractivity (Wildman–Crippen MR) is 128 cm³/mol. The maximum Gasteiger partial charge on any atom is 0.287 e. The third kappa shape index (κ3) is 8.52. The molecule has 3 N–H and O–H groups in total. The van der Waals surface area contributed by atoms with E-state index < -0.39 is 0 Å². The van der Waals surface area contributed by atoms with Crippen molar-refractivity contribution in [3.05, 3.63) is 47.9 Å². The second kappa shape index (κ2) is 13.7. The van der Waals surface area contributed by atoms with E-state index in [9.17, 15) is 4.79 Å². The van der Waals surface area contributed by atoms with Crippen molar-refractivity contribution in [3.63, 3.8) is 0 Å². The number of nitrogens with one attached hydrogen (secondary N) is 3. The number of ether oxygens (including phenoxy) is 2. The van der Waals surface area contributed by atoms with Crippen LogP contribution in [0.25, 0.3) is 0 Å². The quantitative estimate of drug-likeness (QED) is 0.189. The van der Waals surface area contributed by atoms with Crippen LogP contribution in [0.1, 0.15) is 29.5 Å². The third-order valence-electron chi connectivity index (χ3n) is 4.16. The fourth-order valence-corrected chi connectivity index (χ4v) is 2.59. The Hall–Kier alpha value is -2.43. The average molecular weight is 530 g/mol. The molecule has 30 heavy (non-hydrogen) atoms. The lowest BCUT2D eigenvalue weighted by molar-refractivity contribution is 0.0925. The summed E-state index contributed by atoms with van der Waals surface area (Å²) < 4.78 is 16.3. The highest BCUT2D eigenvalue weighted by molar-refractivity contribution is 14.0. The van der Waals surface area contributed by atoms with Crippen LogP contribution in [0.4, 0.5) is 0 Å². The van der Waals surface area contributed by atoms with Crippen LogP contribution in [0.15, 0.2) is 46.0 Å². The minimum atomic E-state index is -0.196. The molecule has 8 nitrogen and oxygen atoms in total. The number of aliphatic imine (C=N–C) groups is 1. The van der Waals surface area contributed by atoms with Gasteiger partial charge >= 0.3 is 0 Å². The van der Waals surface area contributed by atoms with Crippen molar-refractivity contribution >= 4 is 35.8 Å². The Morgan fingerprint density at radius 3 is 2.57 bits per heavy atom. The van der Waals surface area contributed by atoms with Gasteiger partial charge in [-0.05, 0) is 38.5 Å². The highest BCUT2D eigenvalue weighted by Gasteiger charge is 2.11. The zero-order valence-corrected chi connectivity index (χ0v) is 20.2. The molecule has 0 aliphatic heterocycles. The summed E-state index contributed by atoms with van der Waals surface area (Å²) >= 11 is 0. The van der Waals surface area contributed by atoms with Crippen LogP contribution < -0.4 is 25.4 Å². The summed E-state index contributed by atoms with van der Waals surface area (Å²) in [4.78, 5) is 16.2. The molecule has 0 aliphatic carbocycles. The van der Waals surface area contributed by atoms with Crippen molar-refractivity contribution in [3.8, 4) is 11.5 Å². The summed E-state index contributed by atoms with van der Waals surface area (Å²) in [5.41, 5.74) is 0.829. The first-order valence-corrected chi connectivity index (χ1v) is 9.61. The number of carbonyl (C=O) groups is 1. The SMILES string of the molecule is CN=C(NCCCNC(=O)c1occc1C)NCC(C)Oc1cccc(OC)c1.I. The minimum Gasteiger partial charge on any atom is -0.497 e. The van der Waals surface area contributed by atoms with Crippen molar-refractivity contribution in [2.45, 2.75) is 26.4 Å². The van der Waals surface area contributed by atoms with Gasteiger partial charge in [0, 0.05) is 31.8 Å². The molecule has 0 bridgehead atoms. The largest absolute Gasteiger partial charge is 0.497 e. The lowest BCUT2D eigenvalue weighted by atomic mass is 10.2. The summed E-state index contributed by atoms with van der Waals surface area (Å²) in [5.74, 6) is 2.36. The minimum absolute atomic E-state index is 0. The smallest absolute Gasteiger partial charge is 0.287 e. The molecule has 0 radical (unpaired) electrons. The molecule has 166 valence electrons. The molecule has 1 unspecified atom stereocenters. The van der Waals surface area contributed by atoms with Crippen LogP contribution in [-0.4, -0.2) is 51.8 Å². The van der Waals surface area contributed by atoms with E-state index in [4.69, 9.17) is 13.9 Å². The number of hydrogen-bond donors (Lipinski definition) is 3. The summed E-state index contributed by atoms with van der Waals surface area (Å²) in [6.45, 7) is 5.62. The predicted octanol–water partition coefficient (Wildman–Crippen LogP) is 2.97. The van der Waals surface area contributed by atoms with Crippen molar-refractivity contribution in [1.29, 1.82) is 0 Å². The highest BCUT2D eigenvalue weighted by atomic mass is 127. The average Bonchev–Trinajstić information content (AvgIpc) is 3.16. The number of hydrogen-bond acceptors (Lipinski definition) is 5. The Morgan fingerprint density at radius 2 is 1.90 bits per heavy atom. The monoisotopic (exact) mass is 530 g/mol. The summed E-state index contributed by atoms with van der Waals surface area (Å²) in [5, 5.41) is 9.28. The Balaban J connectivity index is 0.00000450. The van der Waals surface area contributed by atoms with E-state index in [1.807, 2.05) is 38.1 Å². The van der Waals surface area contributed by atoms with E-state index in [0.29, 0.717) is 31.4 Å². The molecule has 1 aromatic heterocycles. The van der Waals surface area contributed by atoms with E-state index in [1.165, 1.54) is 6.26 Å². The highest BCUT2D eigenvalue weighted by Crippen LogP contribution is 2.19. The van der Waals surface area contributed by atoms with E-state index >= 15 is 0 Å². The standard InChI is InChI=1S/C21H30N4O4.HI/c1-15-9-12-28-19(15)20(26)23-10-6-11-24-21(22-3)25-14-16(2)29-18-8-5-7-17(13-18)27-4;/h5,7-9,12-13,16H,6,10-11,14H2,1-4H3,(H,23,26)(H2,22,24,25);1H. The molecule has 0 saturated heterocycles. The second-order valence-corrected chi connectivity index (χ2v) is 6.53. The number of furan rings is 1. The molecule has 9 heteroatoms. The number of aryl methyl sites for hydroxylation is 1. The Labute approximate surface area is 194 Å². The van der Waals surface area contributed by atoms with Crippen LogP contribution in [0.3, 0.4) is 0 Å². The molecule has 1 heterocycles. The molecule has 0 saturated carbocycles. The number of guanidine groups is 1. The van der Waals surface area contributed by atoms with Gasteiger partial charge in [-0.15, -0.1) is 24.0 Å². The molecule has 1 atom stereocenters. The van der Waals surface area contributed by atoms with Gasteiger partial charge in [0.25, 0.3) is 5.91 Å². The van der Waals surface area contributed by atoms with E-state index in [-0.39, 0.29) is 36.0 Å². The molecule has 0 spiro atoms. The van der Waals surface area contributed by atoms with Gasteiger partial charge in [-0.2, -0.15) is 0 Å². The van der Waals surface area contributed by atoms with Crippen LogP contribution in [0, 0.1) is 6.92 Å². The van der Waals surface area contributed by atoms with Crippen LogP contribution in [0.5, 0.6) is 11.5 Å². The fraction of sp³-hybridized carbons (Fsp3) is 0.429. The third-order valence-corrected chi connectivity index (χ3v) is 4.16. The summed E-state index contributed by atoms with van der Waals surface area (Å²) in [6.07, 6.45) is 2.21. The zero-order valence-electron chi connectivity index (χ0n) is 17.9.